The summed E-state index contributed by atoms with van der Waals surface area (Å²) in [5, 5.41) is 6.74. The van der Waals surface area contributed by atoms with Gasteiger partial charge in [-0.3, -0.25) is 9.78 Å². The Labute approximate surface area is 127 Å². The number of nitrogens with zero attached hydrogens (tertiary/aromatic N) is 2. The molecule has 0 bridgehead atoms. The van der Waals surface area contributed by atoms with E-state index >= 15 is 0 Å². The summed E-state index contributed by atoms with van der Waals surface area (Å²) in [6, 6.07) is 6.13. The molecule has 3 rings (SSSR count). The second-order valence-electron chi connectivity index (χ2n) is 5.20. The van der Waals surface area contributed by atoms with Gasteiger partial charge in [-0.15, -0.1) is 0 Å². The molecule has 1 aliphatic rings. The normalized spacial score (nSPS) is 18.4. The molecule has 0 unspecified atom stereocenters. The Bertz CT molecular complexity index is 634. The van der Waals surface area contributed by atoms with E-state index in [1.807, 2.05) is 12.1 Å². The van der Waals surface area contributed by atoms with Crippen LogP contribution < -0.4 is 10.6 Å². The highest BCUT2D eigenvalue weighted by Crippen LogP contribution is 2.29. The Morgan fingerprint density at radius 3 is 3.14 bits per heavy atom. The number of aromatic nitrogens is 2. The van der Waals surface area contributed by atoms with E-state index in [1.54, 1.807) is 6.20 Å². The highest BCUT2D eigenvalue weighted by atomic mass is 32.1. The smallest absolute Gasteiger partial charge is 0.223 e. The molecule has 1 amide bonds. The molecule has 110 valence electrons. The van der Waals surface area contributed by atoms with Crippen molar-refractivity contribution in [3.05, 3.63) is 30.1 Å². The highest BCUT2D eigenvalue weighted by molar-refractivity contribution is 7.19. The lowest BCUT2D eigenvalue weighted by molar-refractivity contribution is -0.114. The molecule has 1 fully saturated rings. The van der Waals surface area contributed by atoms with E-state index < -0.39 is 0 Å². The van der Waals surface area contributed by atoms with Crippen molar-refractivity contribution in [1.29, 1.82) is 0 Å². The Balaban J connectivity index is 1.81. The summed E-state index contributed by atoms with van der Waals surface area (Å²) < 4.78 is 0. The Kier molecular flexibility index (Phi) is 4.26. The fraction of sp³-hybridized carbons (Fsp3) is 0.400. The van der Waals surface area contributed by atoms with Gasteiger partial charge in [-0.25, -0.2) is 4.98 Å². The molecular weight excluding hydrogens is 284 g/mol. The molecule has 21 heavy (non-hydrogen) atoms. The van der Waals surface area contributed by atoms with Crippen LogP contribution >= 0.6 is 11.3 Å². The molecule has 0 saturated carbocycles. The van der Waals surface area contributed by atoms with Gasteiger partial charge in [-0.05, 0) is 31.5 Å². The molecule has 0 spiro atoms. The SMILES string of the molecule is CC(=O)Nc1ncc(-c2cccc([C@@H]3CCCNC3)n2)s1. The zero-order chi connectivity index (χ0) is 14.7. The van der Waals surface area contributed by atoms with Gasteiger partial charge < -0.3 is 10.6 Å². The van der Waals surface area contributed by atoms with E-state index in [2.05, 4.69) is 21.7 Å². The van der Waals surface area contributed by atoms with E-state index in [9.17, 15) is 4.79 Å². The maximum Gasteiger partial charge on any atom is 0.223 e. The van der Waals surface area contributed by atoms with Crippen LogP contribution in [0.4, 0.5) is 5.13 Å². The predicted octanol–water partition coefficient (Wildman–Crippen LogP) is 2.63. The van der Waals surface area contributed by atoms with Gasteiger partial charge in [0.05, 0.1) is 10.6 Å². The van der Waals surface area contributed by atoms with Crippen LogP contribution in [0.5, 0.6) is 0 Å². The number of pyridine rings is 1. The predicted molar refractivity (Wildman–Crippen MR) is 84.5 cm³/mol. The summed E-state index contributed by atoms with van der Waals surface area (Å²) in [7, 11) is 0. The number of hydrogen-bond donors (Lipinski definition) is 2. The Hall–Kier alpha value is -1.79. The standard InChI is InChI=1S/C15H18N4OS/c1-10(20)18-15-17-9-14(21-15)13-6-2-5-12(19-13)11-4-3-7-16-8-11/h2,5-6,9,11,16H,3-4,7-8H2,1H3,(H,17,18,20)/t11-/m1/s1. The fourth-order valence-corrected chi connectivity index (χ4v) is 3.35. The molecule has 6 heteroatoms. The summed E-state index contributed by atoms with van der Waals surface area (Å²) in [4.78, 5) is 21.0. The third-order valence-corrected chi connectivity index (χ3v) is 4.46. The maximum absolute atomic E-state index is 11.1. The van der Waals surface area contributed by atoms with Crippen molar-refractivity contribution in [2.45, 2.75) is 25.7 Å². The Morgan fingerprint density at radius 1 is 1.48 bits per heavy atom. The van der Waals surface area contributed by atoms with Crippen molar-refractivity contribution >= 4 is 22.4 Å². The molecule has 2 aromatic rings. The van der Waals surface area contributed by atoms with Crippen LogP contribution in [0.2, 0.25) is 0 Å². The number of hydrogen-bond acceptors (Lipinski definition) is 5. The van der Waals surface area contributed by atoms with Crippen molar-refractivity contribution in [2.24, 2.45) is 0 Å². The van der Waals surface area contributed by atoms with Gasteiger partial charge in [0, 0.05) is 31.3 Å². The van der Waals surface area contributed by atoms with Crippen molar-refractivity contribution in [3.8, 4) is 10.6 Å². The van der Waals surface area contributed by atoms with E-state index in [4.69, 9.17) is 4.98 Å². The van der Waals surface area contributed by atoms with E-state index in [-0.39, 0.29) is 5.91 Å². The summed E-state index contributed by atoms with van der Waals surface area (Å²) in [6.45, 7) is 3.58. The first-order valence-electron chi connectivity index (χ1n) is 7.14. The van der Waals surface area contributed by atoms with Crippen LogP contribution in [0.15, 0.2) is 24.4 Å². The van der Waals surface area contributed by atoms with E-state index in [1.165, 1.54) is 31.1 Å². The largest absolute Gasteiger partial charge is 0.316 e. The molecule has 0 aromatic carbocycles. The van der Waals surface area contributed by atoms with E-state index in [0.29, 0.717) is 11.0 Å². The number of carbonyl (C=O) groups excluding carboxylic acids is 1. The van der Waals surface area contributed by atoms with Gasteiger partial charge in [-0.1, -0.05) is 17.4 Å². The fourth-order valence-electron chi connectivity index (χ4n) is 2.52. The quantitative estimate of drug-likeness (QED) is 0.914. The minimum absolute atomic E-state index is 0.106. The van der Waals surface area contributed by atoms with Gasteiger partial charge in [-0.2, -0.15) is 0 Å². The zero-order valence-corrected chi connectivity index (χ0v) is 12.7. The minimum Gasteiger partial charge on any atom is -0.316 e. The molecule has 5 nitrogen and oxygen atoms in total. The average Bonchev–Trinajstić information content (AvgIpc) is 2.96. The number of anilines is 1. The number of rotatable bonds is 3. The number of nitrogens with one attached hydrogen (secondary N) is 2. The molecule has 0 aliphatic carbocycles. The van der Waals surface area contributed by atoms with E-state index in [0.717, 1.165) is 29.4 Å². The summed E-state index contributed by atoms with van der Waals surface area (Å²) >= 11 is 1.45. The molecule has 0 radical (unpaired) electrons. The molecule has 2 N–H and O–H groups in total. The van der Waals surface area contributed by atoms with Crippen LogP contribution in [0.1, 0.15) is 31.4 Å². The van der Waals surface area contributed by atoms with Gasteiger partial charge in [0.1, 0.15) is 0 Å². The molecule has 1 saturated heterocycles. The Morgan fingerprint density at radius 2 is 2.38 bits per heavy atom. The number of amides is 1. The van der Waals surface area contributed by atoms with Gasteiger partial charge >= 0.3 is 0 Å². The monoisotopic (exact) mass is 302 g/mol. The maximum atomic E-state index is 11.1. The van der Waals surface area contributed by atoms with Crippen molar-refractivity contribution in [1.82, 2.24) is 15.3 Å². The number of piperidine rings is 1. The van der Waals surface area contributed by atoms with Crippen LogP contribution in [0.3, 0.4) is 0 Å². The lowest BCUT2D eigenvalue weighted by Gasteiger charge is -2.22. The summed E-state index contributed by atoms with van der Waals surface area (Å²) in [5.74, 6) is 0.382. The molecule has 1 atom stereocenters. The average molecular weight is 302 g/mol. The molecule has 3 heterocycles. The zero-order valence-electron chi connectivity index (χ0n) is 11.9. The third-order valence-electron chi connectivity index (χ3n) is 3.53. The van der Waals surface area contributed by atoms with Crippen LogP contribution in [0.25, 0.3) is 10.6 Å². The first-order valence-corrected chi connectivity index (χ1v) is 7.95. The van der Waals surface area contributed by atoms with Crippen molar-refractivity contribution in [3.63, 3.8) is 0 Å². The van der Waals surface area contributed by atoms with Crippen molar-refractivity contribution in [2.75, 3.05) is 18.4 Å². The van der Waals surface area contributed by atoms with Gasteiger partial charge in [0.2, 0.25) is 5.91 Å². The van der Waals surface area contributed by atoms with Gasteiger partial charge in [0.15, 0.2) is 5.13 Å². The topological polar surface area (TPSA) is 66.9 Å². The highest BCUT2D eigenvalue weighted by Gasteiger charge is 2.17. The number of carbonyl (C=O) groups is 1. The van der Waals surface area contributed by atoms with Crippen molar-refractivity contribution < 1.29 is 4.79 Å². The second kappa shape index (κ2) is 6.32. The second-order valence-corrected chi connectivity index (χ2v) is 6.23. The third kappa shape index (κ3) is 3.46. The van der Waals surface area contributed by atoms with Crippen LogP contribution in [-0.4, -0.2) is 29.0 Å². The van der Waals surface area contributed by atoms with Crippen LogP contribution in [0, 0.1) is 0 Å². The molecule has 1 aliphatic heterocycles. The van der Waals surface area contributed by atoms with Gasteiger partial charge in [0.25, 0.3) is 0 Å². The molecular formula is C15H18N4OS. The molecule has 2 aromatic heterocycles. The minimum atomic E-state index is -0.106. The summed E-state index contributed by atoms with van der Waals surface area (Å²) in [5.41, 5.74) is 2.06. The summed E-state index contributed by atoms with van der Waals surface area (Å²) in [6.07, 6.45) is 4.15. The first kappa shape index (κ1) is 14.2. The first-order chi connectivity index (χ1) is 10.2. The lowest BCUT2D eigenvalue weighted by Crippen LogP contribution is -2.28. The lowest BCUT2D eigenvalue weighted by atomic mass is 9.95. The number of thiazole rings is 1. The van der Waals surface area contributed by atoms with Crippen LogP contribution in [-0.2, 0) is 4.79 Å².